The van der Waals surface area contributed by atoms with E-state index in [1.807, 2.05) is 36.5 Å². The van der Waals surface area contributed by atoms with Gasteiger partial charge in [0, 0.05) is 44.0 Å². The van der Waals surface area contributed by atoms with Gasteiger partial charge in [0.2, 0.25) is 10.0 Å². The second-order valence-electron chi connectivity index (χ2n) is 7.33. The number of aromatic nitrogens is 2. The van der Waals surface area contributed by atoms with E-state index in [-0.39, 0.29) is 10.8 Å². The van der Waals surface area contributed by atoms with E-state index in [1.54, 1.807) is 35.0 Å². The van der Waals surface area contributed by atoms with E-state index in [9.17, 15) is 13.2 Å². The summed E-state index contributed by atoms with van der Waals surface area (Å²) in [6, 6.07) is 15.8. The van der Waals surface area contributed by atoms with Crippen LogP contribution in [-0.4, -0.2) is 66.7 Å². The Morgan fingerprint density at radius 3 is 2.42 bits per heavy atom. The SMILES string of the molecule is CN(Cc1cnn(-c2ccccc2)c1)C(=O)c1ccc(S(=O)(=O)N2CCOCC2)cc1. The predicted molar refractivity (Wildman–Crippen MR) is 115 cm³/mol. The van der Waals surface area contributed by atoms with Crippen LogP contribution in [0.25, 0.3) is 5.69 Å². The molecule has 162 valence electrons. The van der Waals surface area contributed by atoms with Crippen molar-refractivity contribution in [1.29, 1.82) is 0 Å². The molecule has 0 atom stereocenters. The van der Waals surface area contributed by atoms with Gasteiger partial charge in [-0.05, 0) is 36.4 Å². The Bertz CT molecular complexity index is 1140. The van der Waals surface area contributed by atoms with Gasteiger partial charge in [0.05, 0.1) is 30.0 Å². The first-order valence-electron chi connectivity index (χ1n) is 9.97. The van der Waals surface area contributed by atoms with Gasteiger partial charge in [-0.15, -0.1) is 0 Å². The fraction of sp³-hybridized carbons (Fsp3) is 0.273. The molecule has 2 aromatic carbocycles. The van der Waals surface area contributed by atoms with Gasteiger partial charge in [-0.25, -0.2) is 13.1 Å². The van der Waals surface area contributed by atoms with Crippen LogP contribution in [-0.2, 0) is 21.3 Å². The van der Waals surface area contributed by atoms with Gasteiger partial charge in [-0.3, -0.25) is 4.79 Å². The molecule has 0 spiro atoms. The monoisotopic (exact) mass is 440 g/mol. The van der Waals surface area contributed by atoms with Gasteiger partial charge in [-0.1, -0.05) is 18.2 Å². The smallest absolute Gasteiger partial charge is 0.253 e. The summed E-state index contributed by atoms with van der Waals surface area (Å²) in [5, 5.41) is 4.35. The maximum atomic E-state index is 12.8. The van der Waals surface area contributed by atoms with Crippen molar-refractivity contribution in [2.45, 2.75) is 11.4 Å². The maximum Gasteiger partial charge on any atom is 0.253 e. The molecule has 9 heteroatoms. The number of nitrogens with zero attached hydrogens (tertiary/aromatic N) is 4. The quantitative estimate of drug-likeness (QED) is 0.587. The number of benzene rings is 2. The third-order valence-electron chi connectivity index (χ3n) is 5.13. The van der Waals surface area contributed by atoms with Crippen molar-refractivity contribution in [1.82, 2.24) is 19.0 Å². The first-order chi connectivity index (χ1) is 14.9. The van der Waals surface area contributed by atoms with Crippen LogP contribution in [0.15, 0.2) is 71.9 Å². The molecule has 0 aliphatic carbocycles. The van der Waals surface area contributed by atoms with E-state index >= 15 is 0 Å². The number of carbonyl (C=O) groups is 1. The summed E-state index contributed by atoms with van der Waals surface area (Å²) in [5.41, 5.74) is 2.27. The molecule has 3 aromatic rings. The molecule has 31 heavy (non-hydrogen) atoms. The molecule has 0 bridgehead atoms. The zero-order valence-corrected chi connectivity index (χ0v) is 18.0. The Morgan fingerprint density at radius 1 is 1.06 bits per heavy atom. The number of para-hydroxylation sites is 1. The Kier molecular flexibility index (Phi) is 6.17. The molecule has 1 amide bonds. The fourth-order valence-electron chi connectivity index (χ4n) is 3.44. The van der Waals surface area contributed by atoms with Crippen molar-refractivity contribution >= 4 is 15.9 Å². The fourth-order valence-corrected chi connectivity index (χ4v) is 4.84. The Morgan fingerprint density at radius 2 is 1.74 bits per heavy atom. The van der Waals surface area contributed by atoms with Crippen molar-refractivity contribution in [2.75, 3.05) is 33.4 Å². The van der Waals surface area contributed by atoms with Crippen LogP contribution < -0.4 is 0 Å². The summed E-state index contributed by atoms with van der Waals surface area (Å²) in [5.74, 6) is -0.192. The number of rotatable bonds is 6. The van der Waals surface area contributed by atoms with Crippen LogP contribution in [0, 0.1) is 0 Å². The van der Waals surface area contributed by atoms with Gasteiger partial charge >= 0.3 is 0 Å². The summed E-state index contributed by atoms with van der Waals surface area (Å²) in [6.45, 7) is 1.84. The normalized spacial score (nSPS) is 15.0. The Balaban J connectivity index is 1.43. The Labute approximate surface area is 181 Å². The van der Waals surface area contributed by atoms with Crippen molar-refractivity contribution in [3.63, 3.8) is 0 Å². The molecule has 1 aliphatic rings. The lowest BCUT2D eigenvalue weighted by molar-refractivity contribution is 0.0730. The van der Waals surface area contributed by atoms with Crippen LogP contribution in [0.4, 0.5) is 0 Å². The van der Waals surface area contributed by atoms with Crippen LogP contribution in [0.3, 0.4) is 0 Å². The number of ether oxygens (including phenoxy) is 1. The lowest BCUT2D eigenvalue weighted by Crippen LogP contribution is -2.40. The largest absolute Gasteiger partial charge is 0.379 e. The van der Waals surface area contributed by atoms with Gasteiger partial charge in [0.1, 0.15) is 0 Å². The number of amides is 1. The van der Waals surface area contributed by atoms with Crippen LogP contribution >= 0.6 is 0 Å². The zero-order valence-electron chi connectivity index (χ0n) is 17.2. The summed E-state index contributed by atoms with van der Waals surface area (Å²) in [4.78, 5) is 14.6. The third kappa shape index (κ3) is 4.68. The topological polar surface area (TPSA) is 84.7 Å². The van der Waals surface area contributed by atoms with Gasteiger partial charge < -0.3 is 9.64 Å². The molecule has 1 aliphatic heterocycles. The second-order valence-corrected chi connectivity index (χ2v) is 9.27. The van der Waals surface area contributed by atoms with Gasteiger partial charge in [0.25, 0.3) is 5.91 Å². The van der Waals surface area contributed by atoms with Crippen LogP contribution in [0.1, 0.15) is 15.9 Å². The number of sulfonamides is 1. The molecule has 2 heterocycles. The van der Waals surface area contributed by atoms with Crippen molar-refractivity contribution < 1.29 is 17.9 Å². The molecule has 0 saturated carbocycles. The first kappa shape index (κ1) is 21.2. The van der Waals surface area contributed by atoms with E-state index in [0.29, 0.717) is 38.4 Å². The van der Waals surface area contributed by atoms with Crippen molar-refractivity contribution in [3.05, 3.63) is 78.1 Å². The lowest BCUT2D eigenvalue weighted by atomic mass is 10.2. The molecular formula is C22H24N4O4S. The van der Waals surface area contributed by atoms with Crippen LogP contribution in [0.5, 0.6) is 0 Å². The minimum atomic E-state index is -3.58. The highest BCUT2D eigenvalue weighted by molar-refractivity contribution is 7.89. The van der Waals surface area contributed by atoms with Crippen molar-refractivity contribution in [3.8, 4) is 5.69 Å². The highest BCUT2D eigenvalue weighted by atomic mass is 32.2. The second kappa shape index (κ2) is 9.01. The molecule has 0 radical (unpaired) electrons. The molecule has 0 N–H and O–H groups in total. The van der Waals surface area contributed by atoms with E-state index in [0.717, 1.165) is 11.3 Å². The highest BCUT2D eigenvalue weighted by Crippen LogP contribution is 2.19. The lowest BCUT2D eigenvalue weighted by Gasteiger charge is -2.26. The minimum Gasteiger partial charge on any atom is -0.379 e. The Hall–Kier alpha value is -3.01. The van der Waals surface area contributed by atoms with E-state index in [2.05, 4.69) is 5.10 Å². The summed E-state index contributed by atoms with van der Waals surface area (Å²) >= 11 is 0. The van der Waals surface area contributed by atoms with Gasteiger partial charge in [-0.2, -0.15) is 9.40 Å². The number of hydrogen-bond acceptors (Lipinski definition) is 5. The molecule has 8 nitrogen and oxygen atoms in total. The summed E-state index contributed by atoms with van der Waals surface area (Å²) in [6.07, 6.45) is 3.62. The average Bonchev–Trinajstić information content (AvgIpc) is 3.28. The number of hydrogen-bond donors (Lipinski definition) is 0. The van der Waals surface area contributed by atoms with E-state index in [4.69, 9.17) is 4.74 Å². The molecule has 0 unspecified atom stereocenters. The first-order valence-corrected chi connectivity index (χ1v) is 11.4. The van der Waals surface area contributed by atoms with Crippen LogP contribution in [0.2, 0.25) is 0 Å². The summed E-state index contributed by atoms with van der Waals surface area (Å²) < 4.78 is 33.8. The molecule has 1 saturated heterocycles. The minimum absolute atomic E-state index is 0.178. The van der Waals surface area contributed by atoms with Gasteiger partial charge in [0.15, 0.2) is 0 Å². The number of carbonyl (C=O) groups excluding carboxylic acids is 1. The number of morpholine rings is 1. The maximum absolute atomic E-state index is 12.8. The average molecular weight is 441 g/mol. The molecule has 4 rings (SSSR count). The predicted octanol–water partition coefficient (Wildman–Crippen LogP) is 2.17. The standard InChI is InChI=1S/C22H24N4O4S/c1-24(16-18-15-23-26(17-18)20-5-3-2-4-6-20)22(27)19-7-9-21(10-8-19)31(28,29)25-11-13-30-14-12-25/h2-10,15,17H,11-14,16H2,1H3. The highest BCUT2D eigenvalue weighted by Gasteiger charge is 2.26. The molecule has 1 aromatic heterocycles. The third-order valence-corrected chi connectivity index (χ3v) is 7.05. The molecule has 1 fully saturated rings. The molecular weight excluding hydrogens is 416 g/mol. The zero-order chi connectivity index (χ0) is 21.8. The van der Waals surface area contributed by atoms with E-state index < -0.39 is 10.0 Å². The summed E-state index contributed by atoms with van der Waals surface area (Å²) in [7, 11) is -1.87. The van der Waals surface area contributed by atoms with E-state index in [1.165, 1.54) is 16.4 Å². The van der Waals surface area contributed by atoms with Crippen molar-refractivity contribution in [2.24, 2.45) is 0 Å².